The molecule has 0 saturated carbocycles. The lowest BCUT2D eigenvalue weighted by Crippen LogP contribution is -2.42. The molecule has 22 heavy (non-hydrogen) atoms. The van der Waals surface area contributed by atoms with Gasteiger partial charge in [-0.3, -0.25) is 9.59 Å². The van der Waals surface area contributed by atoms with Crippen molar-refractivity contribution < 1.29 is 9.59 Å². The van der Waals surface area contributed by atoms with E-state index in [4.69, 9.17) is 5.73 Å². The van der Waals surface area contributed by atoms with E-state index in [1.165, 1.54) is 0 Å². The van der Waals surface area contributed by atoms with Crippen LogP contribution in [0.1, 0.15) is 36.2 Å². The number of benzene rings is 1. The Morgan fingerprint density at radius 1 is 1.23 bits per heavy atom. The highest BCUT2D eigenvalue weighted by atomic mass is 35.5. The monoisotopic (exact) mass is 327 g/mol. The number of likely N-dealkylation sites (N-methyl/N-ethyl adjacent to an activating group) is 1. The van der Waals surface area contributed by atoms with E-state index in [-0.39, 0.29) is 24.2 Å². The molecule has 0 bridgehead atoms. The molecule has 1 rings (SSSR count). The largest absolute Gasteiger partial charge is 0.355 e. The van der Waals surface area contributed by atoms with Gasteiger partial charge < -0.3 is 16.0 Å². The van der Waals surface area contributed by atoms with Gasteiger partial charge in [0.15, 0.2) is 0 Å². The summed E-state index contributed by atoms with van der Waals surface area (Å²) in [7, 11) is 3.34. The Hall–Kier alpha value is -1.59. The fourth-order valence-corrected chi connectivity index (χ4v) is 2.15. The number of hydrogen-bond donors (Lipinski definition) is 2. The molecule has 0 unspecified atom stereocenters. The SMILES string of the molecule is CNC(=O)c1ccc(CN(C)C(=O)[C@@H](N)CC(C)C)cc1.Cl. The number of amides is 2. The van der Waals surface area contributed by atoms with Gasteiger partial charge >= 0.3 is 0 Å². The molecule has 0 aliphatic rings. The van der Waals surface area contributed by atoms with Crippen molar-refractivity contribution in [2.75, 3.05) is 14.1 Å². The number of carbonyl (C=O) groups excluding carboxylic acids is 2. The molecule has 1 aromatic rings. The lowest BCUT2D eigenvalue weighted by Gasteiger charge is -2.22. The second-order valence-corrected chi connectivity index (χ2v) is 5.71. The Morgan fingerprint density at radius 2 is 1.77 bits per heavy atom. The highest BCUT2D eigenvalue weighted by Gasteiger charge is 2.19. The maximum Gasteiger partial charge on any atom is 0.251 e. The first-order chi connectivity index (χ1) is 9.85. The van der Waals surface area contributed by atoms with Crippen molar-refractivity contribution in [1.29, 1.82) is 0 Å². The van der Waals surface area contributed by atoms with Crippen LogP contribution in [-0.4, -0.2) is 36.9 Å². The number of halogens is 1. The van der Waals surface area contributed by atoms with Crippen LogP contribution >= 0.6 is 12.4 Å². The molecule has 6 heteroatoms. The molecule has 0 aliphatic heterocycles. The maximum atomic E-state index is 12.1. The van der Waals surface area contributed by atoms with Crippen molar-refractivity contribution in [3.8, 4) is 0 Å². The van der Waals surface area contributed by atoms with Gasteiger partial charge in [-0.1, -0.05) is 26.0 Å². The van der Waals surface area contributed by atoms with Crippen molar-refractivity contribution in [1.82, 2.24) is 10.2 Å². The molecule has 0 heterocycles. The first kappa shape index (κ1) is 20.4. The van der Waals surface area contributed by atoms with Crippen LogP contribution < -0.4 is 11.1 Å². The van der Waals surface area contributed by atoms with E-state index >= 15 is 0 Å². The summed E-state index contributed by atoms with van der Waals surface area (Å²) in [6.07, 6.45) is 0.679. The van der Waals surface area contributed by atoms with Crippen molar-refractivity contribution in [2.24, 2.45) is 11.7 Å². The molecule has 124 valence electrons. The summed E-state index contributed by atoms with van der Waals surface area (Å²) in [4.78, 5) is 25.2. The molecule has 1 atom stereocenters. The summed E-state index contributed by atoms with van der Waals surface area (Å²) < 4.78 is 0. The lowest BCUT2D eigenvalue weighted by atomic mass is 10.0. The highest BCUT2D eigenvalue weighted by molar-refractivity contribution is 5.93. The zero-order valence-electron chi connectivity index (χ0n) is 13.6. The molecule has 5 nitrogen and oxygen atoms in total. The van der Waals surface area contributed by atoms with Crippen LogP contribution in [0, 0.1) is 5.92 Å². The first-order valence-corrected chi connectivity index (χ1v) is 7.16. The van der Waals surface area contributed by atoms with Gasteiger partial charge in [0.05, 0.1) is 6.04 Å². The summed E-state index contributed by atoms with van der Waals surface area (Å²) >= 11 is 0. The molecule has 1 aromatic carbocycles. The average Bonchev–Trinajstić information content (AvgIpc) is 2.45. The minimum atomic E-state index is -0.458. The minimum absolute atomic E-state index is 0. The number of rotatable bonds is 6. The molecular formula is C16H26ClN3O2. The molecule has 0 radical (unpaired) electrons. The molecular weight excluding hydrogens is 302 g/mol. The maximum absolute atomic E-state index is 12.1. The molecule has 3 N–H and O–H groups in total. The lowest BCUT2D eigenvalue weighted by molar-refractivity contribution is -0.132. The molecule has 2 amide bonds. The number of nitrogens with one attached hydrogen (secondary N) is 1. The summed E-state index contributed by atoms with van der Waals surface area (Å²) in [6.45, 7) is 4.58. The molecule has 0 fully saturated rings. The van der Waals surface area contributed by atoms with Gasteiger partial charge in [0, 0.05) is 26.2 Å². The Morgan fingerprint density at radius 3 is 2.23 bits per heavy atom. The van der Waals surface area contributed by atoms with Gasteiger partial charge in [-0.05, 0) is 30.0 Å². The highest BCUT2D eigenvalue weighted by Crippen LogP contribution is 2.10. The third-order valence-electron chi connectivity index (χ3n) is 3.28. The van der Waals surface area contributed by atoms with Crippen LogP contribution in [0.3, 0.4) is 0 Å². The quantitative estimate of drug-likeness (QED) is 0.836. The van der Waals surface area contributed by atoms with E-state index in [0.29, 0.717) is 24.4 Å². The summed E-state index contributed by atoms with van der Waals surface area (Å²) in [5.41, 5.74) is 7.48. The smallest absolute Gasteiger partial charge is 0.251 e. The Balaban J connectivity index is 0.00000441. The zero-order chi connectivity index (χ0) is 16.0. The van der Waals surface area contributed by atoms with Crippen LogP contribution in [0.25, 0.3) is 0 Å². The fourth-order valence-electron chi connectivity index (χ4n) is 2.15. The molecule has 0 aliphatic carbocycles. The first-order valence-electron chi connectivity index (χ1n) is 7.16. The van der Waals surface area contributed by atoms with E-state index in [2.05, 4.69) is 5.32 Å². The van der Waals surface area contributed by atoms with Crippen LogP contribution in [-0.2, 0) is 11.3 Å². The van der Waals surface area contributed by atoms with Crippen molar-refractivity contribution in [2.45, 2.75) is 32.9 Å². The molecule has 0 saturated heterocycles. The van der Waals surface area contributed by atoms with Gasteiger partial charge in [-0.15, -0.1) is 12.4 Å². The average molecular weight is 328 g/mol. The van der Waals surface area contributed by atoms with E-state index in [1.54, 1.807) is 31.1 Å². The standard InChI is InChI=1S/C16H25N3O2.ClH/c1-11(2)9-14(17)16(21)19(4)10-12-5-7-13(8-6-12)15(20)18-3;/h5-8,11,14H,9-10,17H2,1-4H3,(H,18,20);1H/t14-;/m0./s1. The zero-order valence-corrected chi connectivity index (χ0v) is 14.4. The molecule has 0 spiro atoms. The number of nitrogens with zero attached hydrogens (tertiary/aromatic N) is 1. The number of hydrogen-bond acceptors (Lipinski definition) is 3. The van der Waals surface area contributed by atoms with Crippen molar-refractivity contribution in [3.63, 3.8) is 0 Å². The van der Waals surface area contributed by atoms with Gasteiger partial charge in [0.1, 0.15) is 0 Å². The summed E-state index contributed by atoms with van der Waals surface area (Å²) in [5.74, 6) is 0.216. The predicted molar refractivity (Wildman–Crippen MR) is 91.0 cm³/mol. The van der Waals surface area contributed by atoms with E-state index in [9.17, 15) is 9.59 Å². The van der Waals surface area contributed by atoms with Gasteiger partial charge in [-0.2, -0.15) is 0 Å². The van der Waals surface area contributed by atoms with Gasteiger partial charge in [0.25, 0.3) is 5.91 Å². The van der Waals surface area contributed by atoms with Crippen LogP contribution in [0.5, 0.6) is 0 Å². The van der Waals surface area contributed by atoms with Crippen molar-refractivity contribution >= 4 is 24.2 Å². The van der Waals surface area contributed by atoms with E-state index in [1.807, 2.05) is 26.0 Å². The number of carbonyl (C=O) groups is 2. The van der Waals surface area contributed by atoms with E-state index < -0.39 is 6.04 Å². The van der Waals surface area contributed by atoms with Gasteiger partial charge in [0.2, 0.25) is 5.91 Å². The summed E-state index contributed by atoms with van der Waals surface area (Å²) in [5, 5.41) is 2.57. The minimum Gasteiger partial charge on any atom is -0.355 e. The van der Waals surface area contributed by atoms with Crippen LogP contribution in [0.4, 0.5) is 0 Å². The Bertz CT molecular complexity index is 489. The predicted octanol–water partition coefficient (Wildman–Crippen LogP) is 1.80. The third-order valence-corrected chi connectivity index (χ3v) is 3.28. The topological polar surface area (TPSA) is 75.4 Å². The fraction of sp³-hybridized carbons (Fsp3) is 0.500. The second-order valence-electron chi connectivity index (χ2n) is 5.71. The van der Waals surface area contributed by atoms with Crippen molar-refractivity contribution in [3.05, 3.63) is 35.4 Å². The normalized spacial score (nSPS) is 11.5. The second kappa shape index (κ2) is 9.43. The Kier molecular flexibility index (Phi) is 8.75. The summed E-state index contributed by atoms with van der Waals surface area (Å²) in [6, 6.07) is 6.74. The van der Waals surface area contributed by atoms with Crippen LogP contribution in [0.15, 0.2) is 24.3 Å². The Labute approximate surface area is 138 Å². The van der Waals surface area contributed by atoms with E-state index in [0.717, 1.165) is 5.56 Å². The number of nitrogens with two attached hydrogens (primary N) is 1. The molecule has 0 aromatic heterocycles. The van der Waals surface area contributed by atoms with Crippen LogP contribution in [0.2, 0.25) is 0 Å². The van der Waals surface area contributed by atoms with Gasteiger partial charge in [-0.25, -0.2) is 0 Å². The third kappa shape index (κ3) is 6.03.